The molecule has 4 rings (SSSR count). The summed E-state index contributed by atoms with van der Waals surface area (Å²) in [7, 11) is 0. The first-order valence-corrected chi connectivity index (χ1v) is 10.1. The molecule has 7 nitrogen and oxygen atoms in total. The van der Waals surface area contributed by atoms with Crippen molar-refractivity contribution in [2.75, 3.05) is 31.1 Å². The van der Waals surface area contributed by atoms with Gasteiger partial charge in [-0.2, -0.15) is 0 Å². The fraction of sp³-hybridized carbons (Fsp3) is 0.476. The molecule has 1 aromatic heterocycles. The number of guanidine groups is 1. The van der Waals surface area contributed by atoms with Gasteiger partial charge in [-0.3, -0.25) is 4.79 Å². The maximum absolute atomic E-state index is 12.0. The molecule has 0 spiro atoms. The van der Waals surface area contributed by atoms with Gasteiger partial charge in [0, 0.05) is 50.3 Å². The van der Waals surface area contributed by atoms with Crippen LogP contribution in [0.3, 0.4) is 0 Å². The first kappa shape index (κ1) is 21.6. The highest BCUT2D eigenvalue weighted by atomic mass is 127. The number of para-hydroxylation sites is 1. The number of carbonyl (C=O) groups is 1. The highest BCUT2D eigenvalue weighted by Gasteiger charge is 2.32. The van der Waals surface area contributed by atoms with Crippen molar-refractivity contribution in [2.45, 2.75) is 38.6 Å². The molecule has 1 unspecified atom stereocenters. The Morgan fingerprint density at radius 3 is 2.93 bits per heavy atom. The van der Waals surface area contributed by atoms with Crippen LogP contribution in [0.5, 0.6) is 0 Å². The van der Waals surface area contributed by atoms with Gasteiger partial charge in [0.15, 0.2) is 5.96 Å². The van der Waals surface area contributed by atoms with Crippen LogP contribution in [0.15, 0.2) is 46.1 Å². The number of nitrogens with zero attached hydrogens (tertiary/aromatic N) is 4. The zero-order valence-corrected chi connectivity index (χ0v) is 19.0. The molecule has 0 aliphatic carbocycles. The number of amides is 1. The lowest BCUT2D eigenvalue weighted by molar-refractivity contribution is -0.127. The quantitative estimate of drug-likeness (QED) is 0.367. The Morgan fingerprint density at radius 1 is 1.34 bits per heavy atom. The minimum atomic E-state index is 0. The van der Waals surface area contributed by atoms with Crippen molar-refractivity contribution in [3.05, 3.63) is 47.9 Å². The van der Waals surface area contributed by atoms with Gasteiger partial charge in [0.05, 0.1) is 6.54 Å². The standard InChI is InChI=1S/C21H27N5O2.HI/c1-2-22-21(23-14-17-10-13-28-24-17)26-15-16(18-6-3-4-7-19(18)26)9-12-25-11-5-8-20(25)27;/h3-4,6-7,10,13,16H,2,5,8-9,11-12,14-15H2,1H3,(H,22,23);1H. The van der Waals surface area contributed by atoms with E-state index in [9.17, 15) is 4.79 Å². The summed E-state index contributed by atoms with van der Waals surface area (Å²) >= 11 is 0. The lowest BCUT2D eigenvalue weighted by Crippen LogP contribution is -2.41. The molecule has 1 aromatic carbocycles. The van der Waals surface area contributed by atoms with Gasteiger partial charge in [-0.15, -0.1) is 24.0 Å². The fourth-order valence-corrected chi connectivity index (χ4v) is 4.06. The number of carbonyl (C=O) groups excluding carboxylic acids is 1. The van der Waals surface area contributed by atoms with Crippen molar-refractivity contribution in [3.8, 4) is 0 Å². The second-order valence-electron chi connectivity index (χ2n) is 7.30. The highest BCUT2D eigenvalue weighted by Crippen LogP contribution is 2.38. The normalized spacial score (nSPS) is 18.7. The molecule has 29 heavy (non-hydrogen) atoms. The van der Waals surface area contributed by atoms with Gasteiger partial charge >= 0.3 is 0 Å². The number of hydrogen-bond acceptors (Lipinski definition) is 4. The summed E-state index contributed by atoms with van der Waals surface area (Å²) in [5.74, 6) is 1.55. The number of likely N-dealkylation sites (tertiary alicyclic amines) is 1. The first-order valence-electron chi connectivity index (χ1n) is 10.1. The molecule has 156 valence electrons. The van der Waals surface area contributed by atoms with E-state index in [1.165, 1.54) is 11.3 Å². The second kappa shape index (κ2) is 10.1. The van der Waals surface area contributed by atoms with E-state index in [0.717, 1.165) is 50.7 Å². The molecule has 2 aliphatic rings. The Balaban J connectivity index is 0.00000240. The lowest BCUT2D eigenvalue weighted by Gasteiger charge is -2.23. The molecule has 1 fully saturated rings. The number of rotatable bonds is 6. The average molecular weight is 509 g/mol. The van der Waals surface area contributed by atoms with Gasteiger partial charge in [-0.05, 0) is 31.4 Å². The molecule has 8 heteroatoms. The number of aliphatic imine (C=N–C) groups is 1. The number of aromatic nitrogens is 1. The number of halogens is 1. The van der Waals surface area contributed by atoms with E-state index >= 15 is 0 Å². The molecule has 2 aliphatic heterocycles. The minimum Gasteiger partial charge on any atom is -0.364 e. The van der Waals surface area contributed by atoms with E-state index < -0.39 is 0 Å². The highest BCUT2D eigenvalue weighted by molar-refractivity contribution is 14.0. The zero-order chi connectivity index (χ0) is 19.3. The van der Waals surface area contributed by atoms with Gasteiger partial charge in [0.1, 0.15) is 12.0 Å². The Hall–Kier alpha value is -2.10. The van der Waals surface area contributed by atoms with E-state index in [-0.39, 0.29) is 24.0 Å². The van der Waals surface area contributed by atoms with Crippen LogP contribution in [-0.4, -0.2) is 48.1 Å². The Bertz CT molecular complexity index is 839. The predicted octanol–water partition coefficient (Wildman–Crippen LogP) is 3.37. The number of benzene rings is 1. The molecule has 1 saturated heterocycles. The van der Waals surface area contributed by atoms with Crippen molar-refractivity contribution in [2.24, 2.45) is 4.99 Å². The van der Waals surface area contributed by atoms with Gasteiger partial charge in [0.25, 0.3) is 0 Å². The number of hydrogen-bond donors (Lipinski definition) is 1. The topological polar surface area (TPSA) is 74.0 Å². The summed E-state index contributed by atoms with van der Waals surface area (Å²) in [4.78, 5) is 21.0. The maximum Gasteiger partial charge on any atom is 0.222 e. The van der Waals surface area contributed by atoms with Gasteiger partial charge in [-0.1, -0.05) is 23.4 Å². The number of fused-ring (bicyclic) bond motifs is 1. The van der Waals surface area contributed by atoms with Gasteiger partial charge < -0.3 is 19.6 Å². The molecule has 1 amide bonds. The fourth-order valence-electron chi connectivity index (χ4n) is 4.06. The third-order valence-corrected chi connectivity index (χ3v) is 5.46. The molecule has 1 N–H and O–H groups in total. The molecule has 0 radical (unpaired) electrons. The maximum atomic E-state index is 12.0. The lowest BCUT2D eigenvalue weighted by atomic mass is 9.98. The summed E-state index contributed by atoms with van der Waals surface area (Å²) in [6, 6.07) is 10.3. The van der Waals surface area contributed by atoms with Crippen LogP contribution in [0, 0.1) is 0 Å². The summed E-state index contributed by atoms with van der Waals surface area (Å²) in [6.07, 6.45) is 4.23. The third kappa shape index (κ3) is 4.91. The van der Waals surface area contributed by atoms with Crippen LogP contribution >= 0.6 is 24.0 Å². The minimum absolute atomic E-state index is 0. The first-order chi connectivity index (χ1) is 13.8. The van der Waals surface area contributed by atoms with Crippen molar-refractivity contribution in [1.29, 1.82) is 0 Å². The molecule has 2 aromatic rings. The summed E-state index contributed by atoms with van der Waals surface area (Å²) in [5, 5.41) is 7.35. The average Bonchev–Trinajstić information content (AvgIpc) is 3.44. The molecular formula is C21H28IN5O2. The van der Waals surface area contributed by atoms with E-state index in [4.69, 9.17) is 9.52 Å². The van der Waals surface area contributed by atoms with Crippen molar-refractivity contribution in [1.82, 2.24) is 15.4 Å². The van der Waals surface area contributed by atoms with E-state index in [1.807, 2.05) is 11.0 Å². The van der Waals surface area contributed by atoms with Crippen LogP contribution in [0.1, 0.15) is 43.4 Å². The van der Waals surface area contributed by atoms with Crippen LogP contribution in [-0.2, 0) is 11.3 Å². The Labute approximate surface area is 188 Å². The van der Waals surface area contributed by atoms with Crippen molar-refractivity contribution >= 4 is 41.5 Å². The molecule has 0 saturated carbocycles. The summed E-state index contributed by atoms with van der Waals surface area (Å²) in [5.41, 5.74) is 3.34. The van der Waals surface area contributed by atoms with Gasteiger partial charge in [0.2, 0.25) is 5.91 Å². The van der Waals surface area contributed by atoms with Crippen LogP contribution in [0.2, 0.25) is 0 Å². The SMILES string of the molecule is CCNC(=NCc1ccon1)N1CC(CCN2CCCC2=O)c2ccccc21.I. The van der Waals surface area contributed by atoms with Crippen molar-refractivity contribution < 1.29 is 9.32 Å². The predicted molar refractivity (Wildman–Crippen MR) is 124 cm³/mol. The van der Waals surface area contributed by atoms with Crippen LogP contribution < -0.4 is 10.2 Å². The van der Waals surface area contributed by atoms with E-state index in [2.05, 4.69) is 46.6 Å². The molecule has 0 bridgehead atoms. The van der Waals surface area contributed by atoms with Crippen LogP contribution in [0.4, 0.5) is 5.69 Å². The van der Waals surface area contributed by atoms with Gasteiger partial charge in [-0.25, -0.2) is 4.99 Å². The van der Waals surface area contributed by atoms with E-state index in [0.29, 0.717) is 24.8 Å². The Morgan fingerprint density at radius 2 is 2.21 bits per heavy atom. The molecular weight excluding hydrogens is 481 g/mol. The molecule has 1 atom stereocenters. The smallest absolute Gasteiger partial charge is 0.222 e. The second-order valence-corrected chi connectivity index (χ2v) is 7.30. The zero-order valence-electron chi connectivity index (χ0n) is 16.7. The monoisotopic (exact) mass is 509 g/mol. The number of anilines is 1. The van der Waals surface area contributed by atoms with Crippen LogP contribution in [0.25, 0.3) is 0 Å². The van der Waals surface area contributed by atoms with Crippen molar-refractivity contribution in [3.63, 3.8) is 0 Å². The number of nitrogens with one attached hydrogen (secondary N) is 1. The summed E-state index contributed by atoms with van der Waals surface area (Å²) in [6.45, 7) is 5.95. The Kier molecular flexibility index (Phi) is 7.51. The molecule has 3 heterocycles. The largest absolute Gasteiger partial charge is 0.364 e. The summed E-state index contributed by atoms with van der Waals surface area (Å²) < 4.78 is 4.91. The van der Waals surface area contributed by atoms with E-state index in [1.54, 1.807) is 6.26 Å². The third-order valence-electron chi connectivity index (χ3n) is 5.46.